The fraction of sp³-hybridized carbons (Fsp3) is 0.444. The second-order valence-corrected chi connectivity index (χ2v) is 6.50. The summed E-state index contributed by atoms with van der Waals surface area (Å²) in [6.07, 6.45) is 4.25. The maximum atomic E-state index is 12.4. The van der Waals surface area contributed by atoms with Crippen molar-refractivity contribution in [2.45, 2.75) is 30.9 Å². The van der Waals surface area contributed by atoms with Crippen molar-refractivity contribution >= 4 is 22.6 Å². The topological polar surface area (TPSA) is 72.5 Å². The van der Waals surface area contributed by atoms with Crippen LogP contribution < -0.4 is 10.6 Å². The third-order valence-corrected chi connectivity index (χ3v) is 4.78. The van der Waals surface area contributed by atoms with E-state index in [9.17, 15) is 4.79 Å². The Labute approximate surface area is 140 Å². The lowest BCUT2D eigenvalue weighted by molar-refractivity contribution is -0.0877. The minimum Gasteiger partial charge on any atom is -0.378 e. The Kier molecular flexibility index (Phi) is 4.08. The normalized spacial score (nSPS) is 26.6. The molecule has 0 aliphatic carbocycles. The Bertz CT molecular complexity index is 738. The first-order valence-electron chi connectivity index (χ1n) is 8.37. The standard InChI is InChI=1S/C18H21N3O3/c22-17(20-14-6-9-24-18(11-14)7-10-23-12-18)21-15-5-1-3-13-4-2-8-19-16(13)15/h1-5,8,14H,6-7,9-12H2,(H2,20,21,22)/t14-,18+/m0/s1. The Morgan fingerprint density at radius 3 is 3.04 bits per heavy atom. The first kappa shape index (κ1) is 15.4. The first-order valence-corrected chi connectivity index (χ1v) is 8.37. The van der Waals surface area contributed by atoms with E-state index in [2.05, 4.69) is 15.6 Å². The molecule has 6 nitrogen and oxygen atoms in total. The van der Waals surface area contributed by atoms with Gasteiger partial charge >= 0.3 is 6.03 Å². The summed E-state index contributed by atoms with van der Waals surface area (Å²) in [5, 5.41) is 7.00. The largest absolute Gasteiger partial charge is 0.378 e. The van der Waals surface area contributed by atoms with Crippen LogP contribution in [0.15, 0.2) is 36.5 Å². The molecular formula is C18H21N3O3. The second kappa shape index (κ2) is 6.37. The van der Waals surface area contributed by atoms with Crippen molar-refractivity contribution in [1.82, 2.24) is 10.3 Å². The fourth-order valence-electron chi connectivity index (χ4n) is 3.56. The predicted molar refractivity (Wildman–Crippen MR) is 91.0 cm³/mol. The minimum atomic E-state index is -0.211. The van der Waals surface area contributed by atoms with Gasteiger partial charge in [-0.3, -0.25) is 4.98 Å². The number of fused-ring (bicyclic) bond motifs is 1. The number of nitrogens with zero attached hydrogens (tertiary/aromatic N) is 1. The monoisotopic (exact) mass is 327 g/mol. The van der Waals surface area contributed by atoms with Crippen LogP contribution in [-0.4, -0.2) is 42.5 Å². The quantitative estimate of drug-likeness (QED) is 0.889. The van der Waals surface area contributed by atoms with E-state index < -0.39 is 0 Å². The molecule has 6 heteroatoms. The molecule has 1 aromatic heterocycles. The van der Waals surface area contributed by atoms with E-state index in [0.29, 0.717) is 13.2 Å². The number of hydrogen-bond acceptors (Lipinski definition) is 4. The molecule has 2 atom stereocenters. The molecule has 1 aromatic carbocycles. The molecule has 0 bridgehead atoms. The van der Waals surface area contributed by atoms with Gasteiger partial charge in [0.05, 0.1) is 23.4 Å². The molecule has 126 valence electrons. The van der Waals surface area contributed by atoms with Crippen LogP contribution in [0.25, 0.3) is 10.9 Å². The number of benzene rings is 1. The van der Waals surface area contributed by atoms with Gasteiger partial charge in [0, 0.05) is 37.3 Å². The summed E-state index contributed by atoms with van der Waals surface area (Å²) in [7, 11) is 0. The van der Waals surface area contributed by atoms with Crippen LogP contribution in [0.2, 0.25) is 0 Å². The van der Waals surface area contributed by atoms with Crippen LogP contribution in [0, 0.1) is 0 Å². The van der Waals surface area contributed by atoms with Crippen molar-refractivity contribution in [2.75, 3.05) is 25.1 Å². The number of ether oxygens (including phenoxy) is 2. The van der Waals surface area contributed by atoms with Crippen molar-refractivity contribution in [3.63, 3.8) is 0 Å². The maximum absolute atomic E-state index is 12.4. The summed E-state index contributed by atoms with van der Waals surface area (Å²) in [6, 6.07) is 9.53. The van der Waals surface area contributed by atoms with Gasteiger partial charge in [0.15, 0.2) is 0 Å². The Balaban J connectivity index is 1.43. The van der Waals surface area contributed by atoms with Crippen LogP contribution in [0.4, 0.5) is 10.5 Å². The van der Waals surface area contributed by atoms with Crippen molar-refractivity contribution in [3.05, 3.63) is 36.5 Å². The second-order valence-electron chi connectivity index (χ2n) is 6.50. The van der Waals surface area contributed by atoms with Gasteiger partial charge in [-0.1, -0.05) is 18.2 Å². The number of carbonyl (C=O) groups excluding carboxylic acids is 1. The van der Waals surface area contributed by atoms with Gasteiger partial charge in [-0.25, -0.2) is 4.79 Å². The predicted octanol–water partition coefficient (Wildman–Crippen LogP) is 2.69. The number of pyridine rings is 1. The number of amides is 2. The van der Waals surface area contributed by atoms with Crippen molar-refractivity contribution < 1.29 is 14.3 Å². The van der Waals surface area contributed by atoms with Gasteiger partial charge in [0.2, 0.25) is 0 Å². The van der Waals surface area contributed by atoms with E-state index in [-0.39, 0.29) is 17.7 Å². The molecule has 0 unspecified atom stereocenters. The zero-order chi connectivity index (χ0) is 16.4. The molecule has 0 radical (unpaired) electrons. The molecule has 2 aliphatic rings. The molecule has 2 N–H and O–H groups in total. The molecule has 2 amide bonds. The molecule has 2 aromatic rings. The molecule has 4 rings (SSSR count). The number of carbonyl (C=O) groups is 1. The zero-order valence-electron chi connectivity index (χ0n) is 13.5. The number of para-hydroxylation sites is 1. The molecule has 3 heterocycles. The molecule has 2 saturated heterocycles. The average Bonchev–Trinajstić information content (AvgIpc) is 3.03. The van der Waals surface area contributed by atoms with E-state index in [1.54, 1.807) is 6.20 Å². The third-order valence-electron chi connectivity index (χ3n) is 4.78. The maximum Gasteiger partial charge on any atom is 0.319 e. The number of aromatic nitrogens is 1. The highest BCUT2D eigenvalue weighted by Gasteiger charge is 2.41. The molecule has 2 aliphatic heterocycles. The van der Waals surface area contributed by atoms with E-state index in [4.69, 9.17) is 9.47 Å². The minimum absolute atomic E-state index is 0.100. The highest BCUT2D eigenvalue weighted by Crippen LogP contribution is 2.32. The van der Waals surface area contributed by atoms with E-state index in [1.807, 2.05) is 30.3 Å². The number of nitrogens with one attached hydrogen (secondary N) is 2. The van der Waals surface area contributed by atoms with Crippen molar-refractivity contribution in [1.29, 1.82) is 0 Å². The smallest absolute Gasteiger partial charge is 0.319 e. The Morgan fingerprint density at radius 2 is 2.17 bits per heavy atom. The summed E-state index contributed by atoms with van der Waals surface area (Å²) >= 11 is 0. The van der Waals surface area contributed by atoms with E-state index in [0.717, 1.165) is 42.5 Å². The Hall–Kier alpha value is -2.18. The highest BCUT2D eigenvalue weighted by molar-refractivity contribution is 5.99. The molecular weight excluding hydrogens is 306 g/mol. The van der Waals surface area contributed by atoms with Crippen LogP contribution in [-0.2, 0) is 9.47 Å². The van der Waals surface area contributed by atoms with Crippen LogP contribution in [0.5, 0.6) is 0 Å². The average molecular weight is 327 g/mol. The number of hydrogen-bond donors (Lipinski definition) is 2. The number of urea groups is 1. The molecule has 1 spiro atoms. The van der Waals surface area contributed by atoms with Gasteiger partial charge in [0.25, 0.3) is 0 Å². The summed E-state index contributed by atoms with van der Waals surface area (Å²) < 4.78 is 11.4. The summed E-state index contributed by atoms with van der Waals surface area (Å²) in [5.74, 6) is 0. The number of anilines is 1. The fourth-order valence-corrected chi connectivity index (χ4v) is 3.56. The van der Waals surface area contributed by atoms with Gasteiger partial charge in [0.1, 0.15) is 0 Å². The summed E-state index contributed by atoms with van der Waals surface area (Å²) in [6.45, 7) is 2.02. The summed E-state index contributed by atoms with van der Waals surface area (Å²) in [5.41, 5.74) is 1.30. The van der Waals surface area contributed by atoms with Crippen molar-refractivity contribution in [3.8, 4) is 0 Å². The van der Waals surface area contributed by atoms with Crippen LogP contribution >= 0.6 is 0 Å². The van der Waals surface area contributed by atoms with Gasteiger partial charge in [-0.2, -0.15) is 0 Å². The van der Waals surface area contributed by atoms with Gasteiger partial charge in [-0.15, -0.1) is 0 Å². The lowest BCUT2D eigenvalue weighted by Gasteiger charge is -2.37. The van der Waals surface area contributed by atoms with E-state index >= 15 is 0 Å². The van der Waals surface area contributed by atoms with Gasteiger partial charge < -0.3 is 20.1 Å². The van der Waals surface area contributed by atoms with Crippen LogP contribution in [0.3, 0.4) is 0 Å². The highest BCUT2D eigenvalue weighted by atomic mass is 16.6. The van der Waals surface area contributed by atoms with Crippen LogP contribution in [0.1, 0.15) is 19.3 Å². The lowest BCUT2D eigenvalue weighted by Crippen LogP contribution is -2.49. The summed E-state index contributed by atoms with van der Waals surface area (Å²) in [4.78, 5) is 16.8. The number of rotatable bonds is 2. The molecule has 24 heavy (non-hydrogen) atoms. The Morgan fingerprint density at radius 1 is 1.25 bits per heavy atom. The van der Waals surface area contributed by atoms with E-state index in [1.165, 1.54) is 0 Å². The van der Waals surface area contributed by atoms with Gasteiger partial charge in [-0.05, 0) is 25.0 Å². The SMILES string of the molecule is O=C(Nc1cccc2cccnc12)N[C@H]1CCO[C@]2(CCOC2)C1. The zero-order valence-corrected chi connectivity index (χ0v) is 13.5. The van der Waals surface area contributed by atoms with Crippen molar-refractivity contribution in [2.24, 2.45) is 0 Å². The molecule has 0 saturated carbocycles. The molecule has 2 fully saturated rings. The first-order chi connectivity index (χ1) is 11.7. The third kappa shape index (κ3) is 3.07. The lowest BCUT2D eigenvalue weighted by atomic mass is 9.90.